The second-order valence-corrected chi connectivity index (χ2v) is 9.99. The predicted molar refractivity (Wildman–Crippen MR) is 132 cm³/mol. The van der Waals surface area contributed by atoms with E-state index in [1.807, 2.05) is 6.07 Å². The van der Waals surface area contributed by atoms with Crippen molar-refractivity contribution in [2.45, 2.75) is 38.5 Å². The Labute approximate surface area is 189 Å². The normalized spacial score (nSPS) is 16.2. The topological polar surface area (TPSA) is 21.3 Å². The number of anilines is 2. The van der Waals surface area contributed by atoms with Gasteiger partial charge in [0.2, 0.25) is 0 Å². The molecule has 0 saturated carbocycles. The van der Waals surface area contributed by atoms with Crippen molar-refractivity contribution in [3.05, 3.63) is 107 Å². The molecule has 1 aliphatic heterocycles. The first-order valence-electron chi connectivity index (χ1n) is 11.3. The molecule has 0 atom stereocenters. The van der Waals surface area contributed by atoms with Crippen molar-refractivity contribution in [3.63, 3.8) is 0 Å². The summed E-state index contributed by atoms with van der Waals surface area (Å²) < 4.78 is 6.30. The van der Waals surface area contributed by atoms with E-state index in [4.69, 9.17) is 4.74 Å². The molecule has 0 bridgehead atoms. The Morgan fingerprint density at radius 1 is 0.531 bits per heavy atom. The van der Waals surface area contributed by atoms with Crippen LogP contribution in [0.25, 0.3) is 11.1 Å². The second-order valence-electron chi connectivity index (χ2n) is 9.99. The van der Waals surface area contributed by atoms with Crippen LogP contribution in [0.2, 0.25) is 0 Å². The third-order valence-electron chi connectivity index (χ3n) is 7.31. The predicted octanol–water partition coefficient (Wildman–Crippen LogP) is 8.17. The van der Waals surface area contributed by atoms with Crippen LogP contribution in [0.5, 0.6) is 11.5 Å². The van der Waals surface area contributed by atoms with Gasteiger partial charge in [-0.1, -0.05) is 82.3 Å². The van der Waals surface area contributed by atoms with Crippen LogP contribution in [0.1, 0.15) is 49.9 Å². The van der Waals surface area contributed by atoms with Crippen molar-refractivity contribution < 1.29 is 4.74 Å². The van der Waals surface area contributed by atoms with E-state index in [-0.39, 0.29) is 10.8 Å². The number of hydrogen-bond donors (Lipinski definition) is 1. The number of ether oxygens (including phenoxy) is 1. The highest BCUT2D eigenvalue weighted by Gasteiger charge is 2.36. The van der Waals surface area contributed by atoms with Crippen molar-refractivity contribution in [2.24, 2.45) is 0 Å². The first-order chi connectivity index (χ1) is 15.4. The van der Waals surface area contributed by atoms with Crippen molar-refractivity contribution in [1.29, 1.82) is 0 Å². The molecule has 1 heterocycles. The van der Waals surface area contributed by atoms with Gasteiger partial charge in [0.25, 0.3) is 0 Å². The zero-order valence-electron chi connectivity index (χ0n) is 19.0. The monoisotopic (exact) mass is 417 g/mol. The Bertz CT molecular complexity index is 1380. The van der Waals surface area contributed by atoms with Crippen LogP contribution in [0.3, 0.4) is 0 Å². The molecule has 1 aliphatic carbocycles. The quantitative estimate of drug-likeness (QED) is 0.355. The van der Waals surface area contributed by atoms with Crippen LogP contribution in [-0.4, -0.2) is 0 Å². The second kappa shape index (κ2) is 6.49. The van der Waals surface area contributed by atoms with Gasteiger partial charge in [-0.25, -0.2) is 0 Å². The molecule has 0 spiro atoms. The van der Waals surface area contributed by atoms with Gasteiger partial charge >= 0.3 is 0 Å². The minimum absolute atomic E-state index is 0.00366. The Hall–Kier alpha value is -3.52. The smallest absolute Gasteiger partial charge is 0.133 e. The molecule has 4 aromatic carbocycles. The Kier molecular flexibility index (Phi) is 3.89. The lowest BCUT2D eigenvalue weighted by atomic mass is 9.76. The van der Waals surface area contributed by atoms with Gasteiger partial charge in [-0.05, 0) is 46.5 Å². The fourth-order valence-corrected chi connectivity index (χ4v) is 5.49. The van der Waals surface area contributed by atoms with Crippen LogP contribution in [0.15, 0.2) is 84.9 Å². The summed E-state index contributed by atoms with van der Waals surface area (Å²) >= 11 is 0. The van der Waals surface area contributed by atoms with Gasteiger partial charge in [0, 0.05) is 39.4 Å². The van der Waals surface area contributed by atoms with E-state index in [9.17, 15) is 0 Å². The van der Waals surface area contributed by atoms with E-state index in [1.165, 1.54) is 33.4 Å². The van der Waals surface area contributed by atoms with E-state index >= 15 is 0 Å². The zero-order valence-corrected chi connectivity index (χ0v) is 19.0. The number of hydrogen-bond acceptors (Lipinski definition) is 2. The van der Waals surface area contributed by atoms with Gasteiger partial charge in [-0.2, -0.15) is 0 Å². The summed E-state index contributed by atoms with van der Waals surface area (Å²) in [6.45, 7) is 9.16. The fraction of sp³-hybridized carbons (Fsp3) is 0.200. The lowest BCUT2D eigenvalue weighted by Crippen LogP contribution is -2.24. The molecule has 1 N–H and O–H groups in total. The molecule has 2 aliphatic rings. The van der Waals surface area contributed by atoms with E-state index in [0.717, 1.165) is 22.9 Å². The average Bonchev–Trinajstić information content (AvgIpc) is 3.01. The summed E-state index contributed by atoms with van der Waals surface area (Å²) in [6.07, 6.45) is 0. The van der Waals surface area contributed by atoms with Gasteiger partial charge < -0.3 is 10.1 Å². The highest BCUT2D eigenvalue weighted by molar-refractivity contribution is 5.83. The Balaban J connectivity index is 1.36. The molecule has 0 saturated heterocycles. The number of rotatable bonds is 2. The lowest BCUT2D eigenvalue weighted by Gasteiger charge is -2.34. The third kappa shape index (κ3) is 2.65. The molecular weight excluding hydrogens is 390 g/mol. The third-order valence-corrected chi connectivity index (χ3v) is 7.31. The van der Waals surface area contributed by atoms with Gasteiger partial charge in [0.1, 0.15) is 11.5 Å². The number of fused-ring (bicyclic) bond motifs is 5. The highest BCUT2D eigenvalue weighted by atomic mass is 16.5. The summed E-state index contributed by atoms with van der Waals surface area (Å²) in [4.78, 5) is 0. The maximum atomic E-state index is 6.30. The summed E-state index contributed by atoms with van der Waals surface area (Å²) in [5.74, 6) is 1.87. The fourth-order valence-electron chi connectivity index (χ4n) is 5.49. The summed E-state index contributed by atoms with van der Waals surface area (Å²) in [7, 11) is 0. The molecular formula is C30H27NO. The molecule has 158 valence electrons. The van der Waals surface area contributed by atoms with E-state index in [1.54, 1.807) is 0 Å². The summed E-state index contributed by atoms with van der Waals surface area (Å²) in [5, 5.41) is 3.62. The molecule has 32 heavy (non-hydrogen) atoms. The largest absolute Gasteiger partial charge is 0.457 e. The molecule has 2 nitrogen and oxygen atoms in total. The van der Waals surface area contributed by atoms with Crippen molar-refractivity contribution in [2.75, 3.05) is 5.32 Å². The zero-order chi connectivity index (χ0) is 22.1. The maximum Gasteiger partial charge on any atom is 0.133 e. The number of benzene rings is 4. The van der Waals surface area contributed by atoms with Gasteiger partial charge in [-0.15, -0.1) is 0 Å². The van der Waals surface area contributed by atoms with Crippen LogP contribution in [0, 0.1) is 0 Å². The minimum atomic E-state index is -0.0912. The highest BCUT2D eigenvalue weighted by Crippen LogP contribution is 2.50. The van der Waals surface area contributed by atoms with Crippen molar-refractivity contribution in [3.8, 4) is 22.6 Å². The molecule has 0 radical (unpaired) electrons. The van der Waals surface area contributed by atoms with Gasteiger partial charge in [0.05, 0.1) is 0 Å². The van der Waals surface area contributed by atoms with Crippen LogP contribution < -0.4 is 10.1 Å². The van der Waals surface area contributed by atoms with Crippen LogP contribution in [-0.2, 0) is 10.8 Å². The SMILES string of the molecule is CC1(C)c2ccccc2Oc2cc(Nc3ccc4c(c3)C(C)(C)c3ccccc3-4)ccc21. The van der Waals surface area contributed by atoms with Crippen LogP contribution in [0.4, 0.5) is 11.4 Å². The lowest BCUT2D eigenvalue weighted by molar-refractivity contribution is 0.418. The van der Waals surface area contributed by atoms with Crippen molar-refractivity contribution in [1.82, 2.24) is 0 Å². The number of para-hydroxylation sites is 1. The minimum Gasteiger partial charge on any atom is -0.457 e. The molecule has 2 heteroatoms. The first kappa shape index (κ1) is 19.2. The van der Waals surface area contributed by atoms with E-state index in [0.29, 0.717) is 0 Å². The average molecular weight is 418 g/mol. The summed E-state index contributed by atoms with van der Waals surface area (Å²) in [6, 6.07) is 30.3. The Morgan fingerprint density at radius 3 is 1.97 bits per heavy atom. The molecule has 6 rings (SSSR count). The number of nitrogens with one attached hydrogen (secondary N) is 1. The van der Waals surface area contributed by atoms with Gasteiger partial charge in [-0.3, -0.25) is 0 Å². The summed E-state index contributed by atoms with van der Waals surface area (Å²) in [5.41, 5.74) is 9.93. The van der Waals surface area contributed by atoms with Gasteiger partial charge in [0.15, 0.2) is 0 Å². The maximum absolute atomic E-state index is 6.30. The molecule has 0 fully saturated rings. The molecule has 4 aromatic rings. The molecule has 0 unspecified atom stereocenters. The Morgan fingerprint density at radius 2 is 1.12 bits per heavy atom. The van der Waals surface area contributed by atoms with Crippen LogP contribution >= 0.6 is 0 Å². The molecule has 0 aromatic heterocycles. The van der Waals surface area contributed by atoms with E-state index < -0.39 is 0 Å². The first-order valence-corrected chi connectivity index (χ1v) is 11.3. The molecule has 0 amide bonds. The standard InChI is InChI=1S/C30H27NO/c1-29(2)23-10-6-5-9-21(23)22-15-13-19(17-26(22)29)31-20-14-16-25-28(18-20)32-27-12-8-7-11-24(27)30(25,3)4/h5-18,31H,1-4H3. The van der Waals surface area contributed by atoms with Crippen molar-refractivity contribution >= 4 is 11.4 Å². The van der Waals surface area contributed by atoms with E-state index in [2.05, 4.69) is 112 Å².